The fraction of sp³-hybridized carbons (Fsp3) is 0.450. The van der Waals surface area contributed by atoms with Crippen molar-refractivity contribution in [2.24, 2.45) is 0 Å². The first-order valence-corrected chi connectivity index (χ1v) is 9.46. The number of nitrogens with one attached hydrogen (secondary N) is 1. The number of amides is 1. The van der Waals surface area contributed by atoms with Crippen LogP contribution in [0.1, 0.15) is 25.7 Å². The van der Waals surface area contributed by atoms with Crippen LogP contribution in [0.5, 0.6) is 0 Å². The van der Waals surface area contributed by atoms with E-state index in [9.17, 15) is 4.79 Å². The SMILES string of the molecule is O=C(NC1CCCN(c2cccnn2)C1)C1CCCN1c1ccccc1. The number of benzene rings is 1. The summed E-state index contributed by atoms with van der Waals surface area (Å²) in [4.78, 5) is 17.4. The van der Waals surface area contributed by atoms with Gasteiger partial charge in [0.25, 0.3) is 0 Å². The average Bonchev–Trinajstić information content (AvgIpc) is 3.20. The molecule has 1 aromatic carbocycles. The van der Waals surface area contributed by atoms with E-state index in [4.69, 9.17) is 0 Å². The van der Waals surface area contributed by atoms with Gasteiger partial charge in [0, 0.05) is 37.6 Å². The average molecular weight is 351 g/mol. The van der Waals surface area contributed by atoms with E-state index >= 15 is 0 Å². The van der Waals surface area contributed by atoms with Crippen LogP contribution in [0, 0.1) is 0 Å². The molecule has 0 radical (unpaired) electrons. The van der Waals surface area contributed by atoms with Crippen LogP contribution in [0.15, 0.2) is 48.7 Å². The zero-order chi connectivity index (χ0) is 17.8. The second-order valence-electron chi connectivity index (χ2n) is 7.06. The van der Waals surface area contributed by atoms with Gasteiger partial charge in [-0.05, 0) is 49.9 Å². The van der Waals surface area contributed by atoms with Gasteiger partial charge >= 0.3 is 0 Å². The van der Waals surface area contributed by atoms with Crippen LogP contribution < -0.4 is 15.1 Å². The van der Waals surface area contributed by atoms with E-state index in [1.54, 1.807) is 6.20 Å². The number of nitrogens with zero attached hydrogens (tertiary/aromatic N) is 4. The molecule has 136 valence electrons. The number of piperidine rings is 1. The first kappa shape index (κ1) is 16.8. The van der Waals surface area contributed by atoms with Gasteiger partial charge < -0.3 is 15.1 Å². The number of hydrogen-bond acceptors (Lipinski definition) is 5. The molecule has 2 unspecified atom stereocenters. The molecule has 2 fully saturated rings. The van der Waals surface area contributed by atoms with Crippen molar-refractivity contribution in [1.29, 1.82) is 0 Å². The molecule has 2 atom stereocenters. The lowest BCUT2D eigenvalue weighted by molar-refractivity contribution is -0.122. The molecule has 2 saturated heterocycles. The largest absolute Gasteiger partial charge is 0.360 e. The predicted octanol–water partition coefficient (Wildman–Crippen LogP) is 2.23. The van der Waals surface area contributed by atoms with Gasteiger partial charge in [-0.1, -0.05) is 18.2 Å². The van der Waals surface area contributed by atoms with Crippen LogP contribution in [-0.4, -0.2) is 47.8 Å². The lowest BCUT2D eigenvalue weighted by Gasteiger charge is -2.35. The van der Waals surface area contributed by atoms with Gasteiger partial charge in [-0.15, -0.1) is 5.10 Å². The molecular formula is C20H25N5O. The molecule has 4 rings (SSSR count). The van der Waals surface area contributed by atoms with Crippen LogP contribution in [-0.2, 0) is 4.79 Å². The third kappa shape index (κ3) is 3.64. The third-order valence-electron chi connectivity index (χ3n) is 5.29. The quantitative estimate of drug-likeness (QED) is 0.915. The zero-order valence-corrected chi connectivity index (χ0v) is 14.9. The van der Waals surface area contributed by atoms with Crippen molar-refractivity contribution in [3.8, 4) is 0 Å². The predicted molar refractivity (Wildman–Crippen MR) is 102 cm³/mol. The van der Waals surface area contributed by atoms with E-state index in [0.717, 1.165) is 56.8 Å². The number of carbonyl (C=O) groups excluding carboxylic acids is 1. The van der Waals surface area contributed by atoms with Crippen molar-refractivity contribution < 1.29 is 4.79 Å². The van der Waals surface area contributed by atoms with E-state index in [0.29, 0.717) is 0 Å². The highest BCUT2D eigenvalue weighted by Gasteiger charge is 2.32. The minimum absolute atomic E-state index is 0.0655. The Morgan fingerprint density at radius 2 is 1.88 bits per heavy atom. The number of anilines is 2. The summed E-state index contributed by atoms with van der Waals surface area (Å²) in [5, 5.41) is 11.5. The van der Waals surface area contributed by atoms with Crippen molar-refractivity contribution >= 4 is 17.4 Å². The Morgan fingerprint density at radius 1 is 1.04 bits per heavy atom. The topological polar surface area (TPSA) is 61.4 Å². The maximum absolute atomic E-state index is 12.9. The highest BCUT2D eigenvalue weighted by atomic mass is 16.2. The van der Waals surface area contributed by atoms with Crippen molar-refractivity contribution in [2.75, 3.05) is 29.4 Å². The Kier molecular flexibility index (Phi) is 5.00. The van der Waals surface area contributed by atoms with E-state index in [-0.39, 0.29) is 18.0 Å². The summed E-state index contributed by atoms with van der Waals surface area (Å²) in [7, 11) is 0. The number of aromatic nitrogens is 2. The van der Waals surface area contributed by atoms with Crippen molar-refractivity contribution in [1.82, 2.24) is 15.5 Å². The Labute approximate surface area is 154 Å². The molecule has 2 aromatic rings. The van der Waals surface area contributed by atoms with Crippen LogP contribution in [0.2, 0.25) is 0 Å². The van der Waals surface area contributed by atoms with Crippen LogP contribution in [0.25, 0.3) is 0 Å². The highest BCUT2D eigenvalue weighted by molar-refractivity contribution is 5.86. The van der Waals surface area contributed by atoms with Gasteiger partial charge in [0.2, 0.25) is 5.91 Å². The van der Waals surface area contributed by atoms with Gasteiger partial charge in [-0.3, -0.25) is 4.79 Å². The molecular weight excluding hydrogens is 326 g/mol. The Balaban J connectivity index is 1.39. The molecule has 3 heterocycles. The number of para-hydroxylation sites is 1. The van der Waals surface area contributed by atoms with Crippen molar-refractivity contribution in [3.05, 3.63) is 48.7 Å². The van der Waals surface area contributed by atoms with Gasteiger partial charge in [-0.25, -0.2) is 0 Å². The number of rotatable bonds is 4. The maximum Gasteiger partial charge on any atom is 0.242 e. The molecule has 26 heavy (non-hydrogen) atoms. The smallest absolute Gasteiger partial charge is 0.242 e. The first-order chi connectivity index (χ1) is 12.8. The molecule has 0 aliphatic carbocycles. The van der Waals surface area contributed by atoms with Crippen LogP contribution in [0.3, 0.4) is 0 Å². The van der Waals surface area contributed by atoms with E-state index in [2.05, 4.69) is 37.4 Å². The summed E-state index contributed by atoms with van der Waals surface area (Å²) in [5.74, 6) is 1.04. The van der Waals surface area contributed by atoms with Gasteiger partial charge in [0.05, 0.1) is 0 Å². The second kappa shape index (κ2) is 7.72. The molecule has 2 aliphatic heterocycles. The van der Waals surface area contributed by atoms with Gasteiger partial charge in [-0.2, -0.15) is 5.10 Å². The summed E-state index contributed by atoms with van der Waals surface area (Å²) in [6.45, 7) is 2.70. The van der Waals surface area contributed by atoms with Crippen molar-refractivity contribution in [3.63, 3.8) is 0 Å². The summed E-state index contributed by atoms with van der Waals surface area (Å²) in [6, 6.07) is 14.2. The molecule has 1 aromatic heterocycles. The molecule has 6 nitrogen and oxygen atoms in total. The Bertz CT molecular complexity index is 723. The number of carbonyl (C=O) groups is 1. The Hall–Kier alpha value is -2.63. The van der Waals surface area contributed by atoms with Gasteiger partial charge in [0.15, 0.2) is 5.82 Å². The lowest BCUT2D eigenvalue weighted by atomic mass is 10.0. The molecule has 6 heteroatoms. The molecule has 1 amide bonds. The Morgan fingerprint density at radius 3 is 2.69 bits per heavy atom. The first-order valence-electron chi connectivity index (χ1n) is 9.46. The monoisotopic (exact) mass is 351 g/mol. The fourth-order valence-corrected chi connectivity index (χ4v) is 4.03. The van der Waals surface area contributed by atoms with E-state index in [1.165, 1.54) is 0 Å². The maximum atomic E-state index is 12.9. The summed E-state index contributed by atoms with van der Waals surface area (Å²) in [6.07, 6.45) is 5.73. The molecule has 0 saturated carbocycles. The molecule has 0 bridgehead atoms. The minimum atomic E-state index is -0.0655. The molecule has 2 aliphatic rings. The molecule has 1 N–H and O–H groups in total. The molecule has 0 spiro atoms. The number of hydrogen-bond donors (Lipinski definition) is 1. The third-order valence-corrected chi connectivity index (χ3v) is 5.29. The van der Waals surface area contributed by atoms with Crippen LogP contribution in [0.4, 0.5) is 11.5 Å². The van der Waals surface area contributed by atoms with E-state index < -0.39 is 0 Å². The van der Waals surface area contributed by atoms with E-state index in [1.807, 2.05) is 30.3 Å². The normalized spacial score (nSPS) is 23.1. The van der Waals surface area contributed by atoms with Crippen molar-refractivity contribution in [2.45, 2.75) is 37.8 Å². The summed E-state index contributed by atoms with van der Waals surface area (Å²) >= 11 is 0. The van der Waals surface area contributed by atoms with Crippen LogP contribution >= 0.6 is 0 Å². The standard InChI is InChI=1S/C20H25N5O/c26-20(18-10-6-14-25(18)17-8-2-1-3-9-17)22-16-7-5-13-24(15-16)19-11-4-12-21-23-19/h1-4,8-9,11-12,16,18H,5-7,10,13-15H2,(H,22,26). The second-order valence-corrected chi connectivity index (χ2v) is 7.06. The zero-order valence-electron chi connectivity index (χ0n) is 14.9. The lowest BCUT2D eigenvalue weighted by Crippen LogP contribution is -2.52. The fourth-order valence-electron chi connectivity index (χ4n) is 4.03. The summed E-state index contributed by atoms with van der Waals surface area (Å²) < 4.78 is 0. The summed E-state index contributed by atoms with van der Waals surface area (Å²) in [5.41, 5.74) is 1.13. The highest BCUT2D eigenvalue weighted by Crippen LogP contribution is 2.26. The minimum Gasteiger partial charge on any atom is -0.360 e. The van der Waals surface area contributed by atoms with Gasteiger partial charge in [0.1, 0.15) is 6.04 Å².